The fourth-order valence-corrected chi connectivity index (χ4v) is 6.61. The molecule has 0 saturated heterocycles. The summed E-state index contributed by atoms with van der Waals surface area (Å²) in [6.07, 6.45) is 7.08. The Hall–Kier alpha value is -4.31. The lowest BCUT2D eigenvalue weighted by atomic mass is 9.87. The number of aromatic nitrogens is 2. The predicted molar refractivity (Wildman–Crippen MR) is 175 cm³/mol. The standard InChI is InChI=1S/C35H41N4O7P/c1-26(40)37-32(35(41)36-23-34-38-33(39-45-34)22-27-11-5-2-6-12-27)21-28-17-19-31(20-18-28)46-47(42,43-24-29-13-7-3-8-14-29)44-25-30-15-9-4-10-16-30/h3-4,7-10,13-20,27,32H,2,5-6,11-12,21-25H2,1H3,(H,36,41)(H,37,40)/t32-/m0/s1. The molecule has 1 fully saturated rings. The summed E-state index contributed by atoms with van der Waals surface area (Å²) in [5.74, 6) is 1.08. The molecule has 1 heterocycles. The highest BCUT2D eigenvalue weighted by atomic mass is 31.2. The fourth-order valence-electron chi connectivity index (χ4n) is 5.43. The molecule has 248 valence electrons. The minimum Gasteiger partial charge on any atom is -0.404 e. The van der Waals surface area contributed by atoms with Crippen molar-refractivity contribution in [3.63, 3.8) is 0 Å². The molecule has 1 aliphatic carbocycles. The predicted octanol–water partition coefficient (Wildman–Crippen LogP) is 6.48. The zero-order valence-corrected chi connectivity index (χ0v) is 27.4. The third-order valence-electron chi connectivity index (χ3n) is 7.86. The molecule has 47 heavy (non-hydrogen) atoms. The smallest absolute Gasteiger partial charge is 0.404 e. The SMILES string of the molecule is CC(=O)N[C@@H](Cc1ccc(OP(=O)(OCc2ccccc2)OCc2ccccc2)cc1)C(=O)NCc1nc(CC2CCCCC2)no1. The maximum atomic E-state index is 13.7. The van der Waals surface area contributed by atoms with Crippen LogP contribution in [-0.2, 0) is 55.8 Å². The van der Waals surface area contributed by atoms with Crippen LogP contribution in [0, 0.1) is 5.92 Å². The van der Waals surface area contributed by atoms with Crippen molar-refractivity contribution in [2.45, 2.75) is 77.7 Å². The lowest BCUT2D eigenvalue weighted by molar-refractivity contribution is -0.128. The molecule has 12 heteroatoms. The Kier molecular flexibility index (Phi) is 12.3. The van der Waals surface area contributed by atoms with Crippen molar-refractivity contribution in [2.75, 3.05) is 0 Å². The maximum absolute atomic E-state index is 13.7. The van der Waals surface area contributed by atoms with E-state index >= 15 is 0 Å². The van der Waals surface area contributed by atoms with Gasteiger partial charge in [0.25, 0.3) is 0 Å². The van der Waals surface area contributed by atoms with Gasteiger partial charge >= 0.3 is 7.82 Å². The molecule has 0 radical (unpaired) electrons. The molecule has 1 aliphatic rings. The summed E-state index contributed by atoms with van der Waals surface area (Å²) >= 11 is 0. The van der Waals surface area contributed by atoms with E-state index in [0.717, 1.165) is 23.1 Å². The van der Waals surface area contributed by atoms with Gasteiger partial charge in [-0.25, -0.2) is 4.57 Å². The van der Waals surface area contributed by atoms with Gasteiger partial charge in [0.15, 0.2) is 5.82 Å². The Labute approximate surface area is 275 Å². The number of rotatable bonds is 16. The van der Waals surface area contributed by atoms with Gasteiger partial charge in [-0.2, -0.15) is 4.98 Å². The van der Waals surface area contributed by atoms with Crippen LogP contribution in [-0.4, -0.2) is 28.0 Å². The summed E-state index contributed by atoms with van der Waals surface area (Å²) in [5.41, 5.74) is 2.37. The molecule has 1 saturated carbocycles. The fraction of sp³-hybridized carbons (Fsp3) is 0.371. The molecule has 0 aliphatic heterocycles. The van der Waals surface area contributed by atoms with Gasteiger partial charge < -0.3 is 19.7 Å². The van der Waals surface area contributed by atoms with Gasteiger partial charge in [-0.3, -0.25) is 18.6 Å². The Morgan fingerprint density at radius 1 is 0.872 bits per heavy atom. The molecule has 2 amide bonds. The van der Waals surface area contributed by atoms with Gasteiger partial charge in [-0.05, 0) is 34.7 Å². The van der Waals surface area contributed by atoms with Gasteiger partial charge in [-0.1, -0.05) is 110 Å². The number of nitrogens with one attached hydrogen (secondary N) is 2. The number of benzene rings is 3. The van der Waals surface area contributed by atoms with E-state index in [1.807, 2.05) is 60.7 Å². The van der Waals surface area contributed by atoms with E-state index in [-0.39, 0.29) is 43.7 Å². The van der Waals surface area contributed by atoms with E-state index in [9.17, 15) is 14.2 Å². The van der Waals surface area contributed by atoms with E-state index < -0.39 is 13.9 Å². The second-order valence-corrected chi connectivity index (χ2v) is 13.3. The second kappa shape index (κ2) is 17.0. The van der Waals surface area contributed by atoms with E-state index in [4.69, 9.17) is 18.1 Å². The van der Waals surface area contributed by atoms with Crippen molar-refractivity contribution in [1.82, 2.24) is 20.8 Å². The molecule has 5 rings (SSSR count). The molecule has 0 bridgehead atoms. The van der Waals surface area contributed by atoms with Crippen LogP contribution in [0.3, 0.4) is 0 Å². The Morgan fingerprint density at radius 2 is 1.49 bits per heavy atom. The minimum atomic E-state index is -4.04. The first-order chi connectivity index (χ1) is 22.8. The van der Waals surface area contributed by atoms with Gasteiger partial charge in [-0.15, -0.1) is 0 Å². The van der Waals surface area contributed by atoms with E-state index in [2.05, 4.69) is 20.8 Å². The van der Waals surface area contributed by atoms with E-state index in [1.54, 1.807) is 24.3 Å². The van der Waals surface area contributed by atoms with Crippen molar-refractivity contribution < 1.29 is 32.2 Å². The number of phosphoric acid groups is 1. The summed E-state index contributed by atoms with van der Waals surface area (Å²) in [6, 6.07) is 24.5. The number of carbonyl (C=O) groups excluding carboxylic acids is 2. The number of amides is 2. The molecule has 11 nitrogen and oxygen atoms in total. The van der Waals surface area contributed by atoms with Crippen molar-refractivity contribution in [3.8, 4) is 5.75 Å². The van der Waals surface area contributed by atoms with Crippen molar-refractivity contribution in [1.29, 1.82) is 0 Å². The lowest BCUT2D eigenvalue weighted by Gasteiger charge is -2.20. The Morgan fingerprint density at radius 3 is 2.09 bits per heavy atom. The second-order valence-electron chi connectivity index (χ2n) is 11.7. The highest BCUT2D eigenvalue weighted by molar-refractivity contribution is 7.48. The lowest BCUT2D eigenvalue weighted by Crippen LogP contribution is -2.47. The normalized spacial score (nSPS) is 14.3. The topological polar surface area (TPSA) is 142 Å². The Balaban J connectivity index is 1.18. The van der Waals surface area contributed by atoms with Gasteiger partial charge in [0.05, 0.1) is 19.8 Å². The Bertz CT molecular complexity index is 1560. The minimum absolute atomic E-state index is 0.0317. The van der Waals surface area contributed by atoms with Crippen LogP contribution in [0.4, 0.5) is 0 Å². The van der Waals surface area contributed by atoms with Gasteiger partial charge in [0, 0.05) is 19.8 Å². The monoisotopic (exact) mass is 660 g/mol. The first kappa shape index (κ1) is 34.0. The summed E-state index contributed by atoms with van der Waals surface area (Å²) in [5, 5.41) is 9.58. The molecular weight excluding hydrogens is 619 g/mol. The molecule has 2 N–H and O–H groups in total. The van der Waals surface area contributed by atoms with Gasteiger partial charge in [0.2, 0.25) is 17.7 Å². The summed E-state index contributed by atoms with van der Waals surface area (Å²) in [6.45, 7) is 1.48. The highest BCUT2D eigenvalue weighted by Gasteiger charge is 2.29. The number of nitrogens with zero attached hydrogens (tertiary/aromatic N) is 2. The molecule has 4 aromatic rings. The molecule has 0 spiro atoms. The highest BCUT2D eigenvalue weighted by Crippen LogP contribution is 2.51. The largest absolute Gasteiger partial charge is 0.530 e. The molecule has 1 aromatic heterocycles. The molecule has 3 aromatic carbocycles. The van der Waals surface area contributed by atoms with Crippen molar-refractivity contribution in [2.24, 2.45) is 5.92 Å². The van der Waals surface area contributed by atoms with Crippen LogP contribution in [0.2, 0.25) is 0 Å². The van der Waals surface area contributed by atoms with Crippen LogP contribution in [0.1, 0.15) is 67.4 Å². The average Bonchev–Trinajstić information content (AvgIpc) is 3.54. The summed E-state index contributed by atoms with van der Waals surface area (Å²) in [7, 11) is -4.04. The van der Waals surface area contributed by atoms with Crippen LogP contribution in [0.25, 0.3) is 0 Å². The summed E-state index contributed by atoms with van der Waals surface area (Å²) < 4.78 is 36.3. The van der Waals surface area contributed by atoms with Crippen LogP contribution < -0.4 is 15.2 Å². The first-order valence-electron chi connectivity index (χ1n) is 16.0. The van der Waals surface area contributed by atoms with Crippen LogP contribution >= 0.6 is 7.82 Å². The van der Waals surface area contributed by atoms with Crippen LogP contribution in [0.5, 0.6) is 5.75 Å². The number of phosphoric ester groups is 1. The number of hydrogen-bond donors (Lipinski definition) is 2. The van der Waals surface area contributed by atoms with E-state index in [0.29, 0.717) is 17.6 Å². The summed E-state index contributed by atoms with van der Waals surface area (Å²) in [4.78, 5) is 29.5. The quantitative estimate of drug-likeness (QED) is 0.129. The molecule has 1 atom stereocenters. The average molecular weight is 661 g/mol. The number of hydrogen-bond acceptors (Lipinski definition) is 9. The van der Waals surface area contributed by atoms with Gasteiger partial charge in [0.1, 0.15) is 11.8 Å². The maximum Gasteiger partial charge on any atom is 0.530 e. The molecule has 0 unspecified atom stereocenters. The van der Waals surface area contributed by atoms with Crippen LogP contribution in [0.15, 0.2) is 89.5 Å². The zero-order chi connectivity index (χ0) is 32.9. The first-order valence-corrected chi connectivity index (χ1v) is 17.4. The third kappa shape index (κ3) is 11.2. The van der Waals surface area contributed by atoms with E-state index in [1.165, 1.54) is 39.0 Å². The zero-order valence-electron chi connectivity index (χ0n) is 26.5. The van der Waals surface area contributed by atoms with Crippen molar-refractivity contribution >= 4 is 19.6 Å². The number of carbonyl (C=O) groups is 2. The molecular formula is C35H41N4O7P. The third-order valence-corrected chi connectivity index (χ3v) is 9.18. The van der Waals surface area contributed by atoms with Crippen molar-refractivity contribution in [3.05, 3.63) is 113 Å².